The summed E-state index contributed by atoms with van der Waals surface area (Å²) in [6.07, 6.45) is 1.79. The number of ketones is 2. The van der Waals surface area contributed by atoms with Crippen molar-refractivity contribution < 1.29 is 19.5 Å². The van der Waals surface area contributed by atoms with Gasteiger partial charge in [0.1, 0.15) is 5.78 Å². The van der Waals surface area contributed by atoms with E-state index in [-0.39, 0.29) is 35.2 Å². The number of hydrogen-bond acceptors (Lipinski definition) is 3. The van der Waals surface area contributed by atoms with Crippen molar-refractivity contribution in [1.29, 1.82) is 0 Å². The molecule has 0 saturated heterocycles. The van der Waals surface area contributed by atoms with E-state index in [2.05, 4.69) is 0 Å². The zero-order chi connectivity index (χ0) is 16.2. The Balaban J connectivity index is 2.95. The smallest absolute Gasteiger partial charge is 0.303 e. The van der Waals surface area contributed by atoms with Crippen LogP contribution in [0, 0.1) is 11.3 Å². The molecule has 1 N–H and O–H groups in total. The molecule has 21 heavy (non-hydrogen) atoms. The normalized spacial score (nSPS) is 21.5. The van der Waals surface area contributed by atoms with Crippen molar-refractivity contribution in [3.05, 3.63) is 11.1 Å². The van der Waals surface area contributed by atoms with Gasteiger partial charge >= 0.3 is 5.97 Å². The quantitative estimate of drug-likeness (QED) is 0.731. The second-order valence-corrected chi connectivity index (χ2v) is 6.52. The average molecular weight is 315 g/mol. The molecule has 1 aliphatic rings. The lowest BCUT2D eigenvalue weighted by atomic mass is 9.62. The van der Waals surface area contributed by atoms with Crippen LogP contribution in [0.4, 0.5) is 0 Å². The molecule has 0 aromatic rings. The van der Waals surface area contributed by atoms with Crippen molar-refractivity contribution in [2.75, 3.05) is 5.88 Å². The molecule has 0 amide bonds. The van der Waals surface area contributed by atoms with Crippen LogP contribution in [0.1, 0.15) is 52.9 Å². The van der Waals surface area contributed by atoms with Crippen LogP contribution < -0.4 is 0 Å². The van der Waals surface area contributed by atoms with E-state index in [1.54, 1.807) is 6.92 Å². The van der Waals surface area contributed by atoms with Gasteiger partial charge in [-0.15, -0.1) is 11.6 Å². The lowest BCUT2D eigenvalue weighted by Gasteiger charge is -2.41. The first-order valence-corrected chi connectivity index (χ1v) is 7.76. The van der Waals surface area contributed by atoms with E-state index < -0.39 is 5.97 Å². The van der Waals surface area contributed by atoms with Crippen molar-refractivity contribution in [3.63, 3.8) is 0 Å². The highest BCUT2D eigenvalue weighted by atomic mass is 35.5. The average Bonchev–Trinajstić information content (AvgIpc) is 2.40. The fourth-order valence-electron chi connectivity index (χ4n) is 3.13. The molecule has 1 atom stereocenters. The van der Waals surface area contributed by atoms with Gasteiger partial charge in [0.15, 0.2) is 5.78 Å². The van der Waals surface area contributed by atoms with Gasteiger partial charge in [-0.25, -0.2) is 0 Å². The second-order valence-electron chi connectivity index (χ2n) is 6.25. The first kappa shape index (κ1) is 17.9. The first-order chi connectivity index (χ1) is 9.70. The number of alkyl halides is 1. The molecule has 0 saturated carbocycles. The molecule has 118 valence electrons. The Morgan fingerprint density at radius 3 is 2.48 bits per heavy atom. The van der Waals surface area contributed by atoms with E-state index in [0.717, 1.165) is 11.1 Å². The van der Waals surface area contributed by atoms with Gasteiger partial charge in [-0.1, -0.05) is 19.4 Å². The summed E-state index contributed by atoms with van der Waals surface area (Å²) in [7, 11) is 0. The monoisotopic (exact) mass is 314 g/mol. The number of carboxylic acid groups (broad SMARTS) is 1. The van der Waals surface area contributed by atoms with E-state index in [1.807, 2.05) is 13.8 Å². The molecule has 5 heteroatoms. The molecule has 0 radical (unpaired) electrons. The van der Waals surface area contributed by atoms with Gasteiger partial charge in [-0.3, -0.25) is 14.4 Å². The SMILES string of the molecule is CC1=C(CCC(=O)CCl)C(C)(C)C(CCC(=O)O)CC1=O. The maximum absolute atomic E-state index is 12.1. The fraction of sp³-hybridized carbons (Fsp3) is 0.688. The number of carboxylic acids is 1. The maximum Gasteiger partial charge on any atom is 0.303 e. The number of rotatable bonds is 7. The zero-order valence-electron chi connectivity index (χ0n) is 12.9. The molecule has 4 nitrogen and oxygen atoms in total. The first-order valence-electron chi connectivity index (χ1n) is 7.23. The summed E-state index contributed by atoms with van der Waals surface area (Å²) in [4.78, 5) is 34.4. The van der Waals surface area contributed by atoms with Gasteiger partial charge in [0.25, 0.3) is 0 Å². The highest BCUT2D eigenvalue weighted by molar-refractivity contribution is 6.27. The Morgan fingerprint density at radius 2 is 1.95 bits per heavy atom. The molecule has 0 spiro atoms. The van der Waals surface area contributed by atoms with Crippen LogP contribution in [0.3, 0.4) is 0 Å². The number of hydrogen-bond donors (Lipinski definition) is 1. The van der Waals surface area contributed by atoms with Crippen LogP contribution in [0.5, 0.6) is 0 Å². The Hall–Kier alpha value is -1.16. The number of carbonyl (C=O) groups is 3. The highest BCUT2D eigenvalue weighted by Gasteiger charge is 2.40. The van der Waals surface area contributed by atoms with Crippen LogP contribution in [-0.4, -0.2) is 28.5 Å². The molecule has 0 aromatic heterocycles. The molecule has 1 unspecified atom stereocenters. The van der Waals surface area contributed by atoms with Crippen molar-refractivity contribution in [2.24, 2.45) is 11.3 Å². The van der Waals surface area contributed by atoms with Gasteiger partial charge in [0, 0.05) is 19.3 Å². The highest BCUT2D eigenvalue weighted by Crippen LogP contribution is 2.47. The third-order valence-electron chi connectivity index (χ3n) is 4.61. The van der Waals surface area contributed by atoms with Crippen molar-refractivity contribution in [3.8, 4) is 0 Å². The number of Topliss-reactive ketones (excluding diaryl/α,β-unsaturated/α-hetero) is 2. The minimum atomic E-state index is -0.844. The summed E-state index contributed by atoms with van der Waals surface area (Å²) in [6.45, 7) is 5.88. The molecule has 0 fully saturated rings. The van der Waals surface area contributed by atoms with Crippen LogP contribution in [0.25, 0.3) is 0 Å². The van der Waals surface area contributed by atoms with E-state index >= 15 is 0 Å². The lowest BCUT2D eigenvalue weighted by Crippen LogP contribution is -2.35. The fourth-order valence-corrected chi connectivity index (χ4v) is 3.27. The maximum atomic E-state index is 12.1. The van der Waals surface area contributed by atoms with E-state index in [0.29, 0.717) is 25.7 Å². The number of carbonyl (C=O) groups excluding carboxylic acids is 2. The topological polar surface area (TPSA) is 71.4 Å². The van der Waals surface area contributed by atoms with Gasteiger partial charge in [0.05, 0.1) is 5.88 Å². The van der Waals surface area contributed by atoms with Crippen LogP contribution >= 0.6 is 11.6 Å². The molecular weight excluding hydrogens is 292 g/mol. The summed E-state index contributed by atoms with van der Waals surface area (Å²) < 4.78 is 0. The Bertz CT molecular complexity index is 477. The van der Waals surface area contributed by atoms with Crippen LogP contribution in [-0.2, 0) is 14.4 Å². The molecule has 0 aliphatic heterocycles. The van der Waals surface area contributed by atoms with Gasteiger partial charge in [-0.2, -0.15) is 0 Å². The second kappa shape index (κ2) is 7.21. The molecule has 0 bridgehead atoms. The standard InChI is InChI=1S/C16H23ClO4/c1-10-13(6-5-12(18)9-17)16(2,3)11(8-14(10)19)4-7-15(20)21/h11H,4-9H2,1-3H3,(H,20,21). The summed E-state index contributed by atoms with van der Waals surface area (Å²) >= 11 is 5.52. The van der Waals surface area contributed by atoms with E-state index in [9.17, 15) is 14.4 Å². The predicted molar refractivity (Wildman–Crippen MR) is 81.4 cm³/mol. The summed E-state index contributed by atoms with van der Waals surface area (Å²) in [5.41, 5.74) is 1.45. The molecule has 1 rings (SSSR count). The van der Waals surface area contributed by atoms with Crippen LogP contribution in [0.2, 0.25) is 0 Å². The summed E-state index contributed by atoms with van der Waals surface area (Å²) in [5, 5.41) is 8.85. The van der Waals surface area contributed by atoms with Gasteiger partial charge in [0.2, 0.25) is 0 Å². The third-order valence-corrected chi connectivity index (χ3v) is 4.91. The molecule has 1 aliphatic carbocycles. The predicted octanol–water partition coefficient (Wildman–Crippen LogP) is 3.37. The van der Waals surface area contributed by atoms with Gasteiger partial charge < -0.3 is 5.11 Å². The number of allylic oxidation sites excluding steroid dienone is 2. The number of aliphatic carboxylic acids is 1. The van der Waals surface area contributed by atoms with E-state index in [1.165, 1.54) is 0 Å². The number of halogens is 1. The van der Waals surface area contributed by atoms with Crippen molar-refractivity contribution >= 4 is 29.1 Å². The molecular formula is C16H23ClO4. The minimum absolute atomic E-state index is 0.00547. The molecule has 0 heterocycles. The van der Waals surface area contributed by atoms with Gasteiger partial charge in [-0.05, 0) is 36.7 Å². The van der Waals surface area contributed by atoms with E-state index in [4.69, 9.17) is 16.7 Å². The molecule has 0 aromatic carbocycles. The zero-order valence-corrected chi connectivity index (χ0v) is 13.6. The summed E-state index contributed by atoms with van der Waals surface area (Å²) in [5.74, 6) is -0.816. The lowest BCUT2D eigenvalue weighted by molar-refractivity contribution is -0.137. The Labute approximate surface area is 130 Å². The minimum Gasteiger partial charge on any atom is -0.481 e. The largest absolute Gasteiger partial charge is 0.481 e. The summed E-state index contributed by atoms with van der Waals surface area (Å²) in [6, 6.07) is 0. The third kappa shape index (κ3) is 4.40. The van der Waals surface area contributed by atoms with Crippen molar-refractivity contribution in [2.45, 2.75) is 52.9 Å². The Kier molecular flexibility index (Phi) is 6.14. The van der Waals surface area contributed by atoms with Crippen LogP contribution in [0.15, 0.2) is 11.1 Å². The van der Waals surface area contributed by atoms with Crippen molar-refractivity contribution in [1.82, 2.24) is 0 Å². The Morgan fingerprint density at radius 1 is 1.33 bits per heavy atom.